The predicted molar refractivity (Wildman–Crippen MR) is 79.6 cm³/mol. The van der Waals surface area contributed by atoms with Crippen molar-refractivity contribution < 1.29 is 0 Å². The summed E-state index contributed by atoms with van der Waals surface area (Å²) in [6, 6.07) is 8.44. The Kier molecular flexibility index (Phi) is 4.56. The van der Waals surface area contributed by atoms with E-state index in [0.717, 1.165) is 23.0 Å². The number of aryl methyl sites for hydroxylation is 3. The van der Waals surface area contributed by atoms with Crippen molar-refractivity contribution in [3.8, 4) is 0 Å². The van der Waals surface area contributed by atoms with Crippen molar-refractivity contribution >= 4 is 11.8 Å². The first kappa shape index (κ1) is 14.0. The van der Waals surface area contributed by atoms with E-state index in [-0.39, 0.29) is 0 Å². The molecule has 19 heavy (non-hydrogen) atoms. The highest BCUT2D eigenvalue weighted by Gasteiger charge is 2.06. The fourth-order valence-corrected chi connectivity index (χ4v) is 2.92. The van der Waals surface area contributed by atoms with Crippen LogP contribution in [0.5, 0.6) is 0 Å². The lowest BCUT2D eigenvalue weighted by atomic mass is 10.1. The van der Waals surface area contributed by atoms with Gasteiger partial charge in [0, 0.05) is 16.3 Å². The van der Waals surface area contributed by atoms with E-state index >= 15 is 0 Å². The third-order valence-electron chi connectivity index (χ3n) is 2.84. The topological polar surface area (TPSA) is 51.8 Å². The summed E-state index contributed by atoms with van der Waals surface area (Å²) in [5.41, 5.74) is 10.1. The molecule has 1 heterocycles. The van der Waals surface area contributed by atoms with E-state index in [2.05, 4.69) is 35.1 Å². The third kappa shape index (κ3) is 3.78. The van der Waals surface area contributed by atoms with Gasteiger partial charge in [0.2, 0.25) is 0 Å². The van der Waals surface area contributed by atoms with Gasteiger partial charge < -0.3 is 5.73 Å². The Morgan fingerprint density at radius 1 is 1.05 bits per heavy atom. The lowest BCUT2D eigenvalue weighted by Gasteiger charge is -2.08. The van der Waals surface area contributed by atoms with Crippen LogP contribution in [0.1, 0.15) is 22.5 Å². The van der Waals surface area contributed by atoms with Gasteiger partial charge in [-0.2, -0.15) is 0 Å². The van der Waals surface area contributed by atoms with Crippen LogP contribution in [0.4, 0.5) is 0 Å². The van der Waals surface area contributed by atoms with Crippen LogP contribution < -0.4 is 5.73 Å². The van der Waals surface area contributed by atoms with Crippen LogP contribution in [0.3, 0.4) is 0 Å². The van der Waals surface area contributed by atoms with E-state index in [9.17, 15) is 0 Å². The van der Waals surface area contributed by atoms with Crippen LogP contribution in [0.15, 0.2) is 34.3 Å². The molecule has 100 valence electrons. The molecule has 2 rings (SSSR count). The molecule has 0 saturated heterocycles. The van der Waals surface area contributed by atoms with Gasteiger partial charge in [-0.1, -0.05) is 12.1 Å². The normalized spacial score (nSPS) is 10.7. The quantitative estimate of drug-likeness (QED) is 0.870. The zero-order valence-electron chi connectivity index (χ0n) is 11.6. The van der Waals surface area contributed by atoms with Crippen molar-refractivity contribution in [2.24, 2.45) is 5.73 Å². The van der Waals surface area contributed by atoms with E-state index in [1.165, 1.54) is 16.0 Å². The maximum atomic E-state index is 5.58. The summed E-state index contributed by atoms with van der Waals surface area (Å²) in [6.45, 7) is 6.79. The molecule has 0 fully saturated rings. The number of hydrogen-bond donors (Lipinski definition) is 1. The summed E-state index contributed by atoms with van der Waals surface area (Å²) in [6.07, 6.45) is 0.922. The Morgan fingerprint density at radius 3 is 2.32 bits per heavy atom. The minimum Gasteiger partial charge on any atom is -0.330 e. The maximum Gasteiger partial charge on any atom is 0.192 e. The van der Waals surface area contributed by atoms with Crippen molar-refractivity contribution in [1.82, 2.24) is 9.97 Å². The molecule has 1 aromatic heterocycles. The van der Waals surface area contributed by atoms with E-state index in [1.54, 1.807) is 11.8 Å². The Balaban J connectivity index is 2.23. The summed E-state index contributed by atoms with van der Waals surface area (Å²) in [5, 5.41) is 0.812. The van der Waals surface area contributed by atoms with Gasteiger partial charge in [-0.25, -0.2) is 9.97 Å². The van der Waals surface area contributed by atoms with Gasteiger partial charge >= 0.3 is 0 Å². The van der Waals surface area contributed by atoms with Crippen molar-refractivity contribution in [3.05, 3.63) is 46.8 Å². The minimum absolute atomic E-state index is 0.687. The molecule has 0 amide bonds. The number of hydrogen-bond acceptors (Lipinski definition) is 4. The fourth-order valence-electron chi connectivity index (χ4n) is 1.99. The van der Waals surface area contributed by atoms with Crippen molar-refractivity contribution in [3.63, 3.8) is 0 Å². The molecule has 2 N–H and O–H groups in total. The monoisotopic (exact) mass is 273 g/mol. The number of nitrogens with zero attached hydrogens (tertiary/aromatic N) is 2. The Morgan fingerprint density at radius 2 is 1.74 bits per heavy atom. The Hall–Kier alpha value is -1.39. The Labute approximate surface area is 118 Å². The van der Waals surface area contributed by atoms with Crippen molar-refractivity contribution in [1.29, 1.82) is 0 Å². The van der Waals surface area contributed by atoms with E-state index < -0.39 is 0 Å². The second-order valence-corrected chi connectivity index (χ2v) is 5.68. The molecule has 0 radical (unpaired) electrons. The maximum absolute atomic E-state index is 5.58. The number of benzene rings is 1. The average molecular weight is 273 g/mol. The summed E-state index contributed by atoms with van der Waals surface area (Å²) < 4.78 is 0. The zero-order chi connectivity index (χ0) is 13.8. The molecule has 0 aliphatic carbocycles. The summed E-state index contributed by atoms with van der Waals surface area (Å²) in [7, 11) is 0. The molecule has 4 heteroatoms. The van der Waals surface area contributed by atoms with Crippen molar-refractivity contribution in [2.45, 2.75) is 37.2 Å². The van der Waals surface area contributed by atoms with Crippen LogP contribution in [0.25, 0.3) is 0 Å². The Bertz CT molecular complexity index is 561. The van der Waals surface area contributed by atoms with Gasteiger partial charge in [0.1, 0.15) is 0 Å². The van der Waals surface area contributed by atoms with Gasteiger partial charge in [-0.3, -0.25) is 0 Å². The van der Waals surface area contributed by atoms with Gasteiger partial charge in [0.05, 0.1) is 0 Å². The smallest absolute Gasteiger partial charge is 0.192 e. The molecule has 0 unspecified atom stereocenters. The largest absolute Gasteiger partial charge is 0.330 e. The molecule has 0 saturated carbocycles. The first-order valence-electron chi connectivity index (χ1n) is 6.38. The average Bonchev–Trinajstić information content (AvgIpc) is 2.32. The van der Waals surface area contributed by atoms with Crippen LogP contribution >= 0.6 is 11.8 Å². The molecule has 1 aromatic carbocycles. The number of nitrogens with two attached hydrogens (primary N) is 1. The molecule has 2 aromatic rings. The standard InChI is InChI=1S/C15H19N3S/c1-10-8-13(6-7-16)4-5-14(10)19-15-17-11(2)9-12(3)18-15/h4-5,8-9H,6-7,16H2,1-3H3. The molecule has 0 atom stereocenters. The highest BCUT2D eigenvalue weighted by molar-refractivity contribution is 7.99. The van der Waals surface area contributed by atoms with Crippen LogP contribution in [-0.2, 0) is 6.42 Å². The number of aromatic nitrogens is 2. The molecule has 0 aliphatic rings. The van der Waals surface area contributed by atoms with E-state index in [1.807, 2.05) is 19.9 Å². The van der Waals surface area contributed by atoms with Gasteiger partial charge in [-0.05, 0) is 68.8 Å². The molecule has 0 spiro atoms. The number of rotatable bonds is 4. The minimum atomic E-state index is 0.687. The zero-order valence-corrected chi connectivity index (χ0v) is 12.4. The van der Waals surface area contributed by atoms with Crippen LogP contribution in [0.2, 0.25) is 0 Å². The van der Waals surface area contributed by atoms with E-state index in [4.69, 9.17) is 5.73 Å². The van der Waals surface area contributed by atoms with Gasteiger partial charge in [0.25, 0.3) is 0 Å². The summed E-state index contributed by atoms with van der Waals surface area (Å²) in [4.78, 5) is 10.1. The predicted octanol–water partition coefficient (Wildman–Crippen LogP) is 3.05. The SMILES string of the molecule is Cc1cc(C)nc(Sc2ccc(CCN)cc2C)n1. The van der Waals surface area contributed by atoms with Crippen LogP contribution in [-0.4, -0.2) is 16.5 Å². The lowest BCUT2D eigenvalue weighted by molar-refractivity contribution is 0.901. The third-order valence-corrected chi connectivity index (χ3v) is 3.88. The molecular weight excluding hydrogens is 254 g/mol. The highest BCUT2D eigenvalue weighted by atomic mass is 32.2. The van der Waals surface area contributed by atoms with Crippen molar-refractivity contribution in [2.75, 3.05) is 6.54 Å². The molecule has 3 nitrogen and oxygen atoms in total. The van der Waals surface area contributed by atoms with Gasteiger partial charge in [-0.15, -0.1) is 0 Å². The molecular formula is C15H19N3S. The van der Waals surface area contributed by atoms with Gasteiger partial charge in [0.15, 0.2) is 5.16 Å². The second kappa shape index (κ2) is 6.17. The fraction of sp³-hybridized carbons (Fsp3) is 0.333. The van der Waals surface area contributed by atoms with E-state index in [0.29, 0.717) is 6.54 Å². The first-order chi connectivity index (χ1) is 9.08. The highest BCUT2D eigenvalue weighted by Crippen LogP contribution is 2.28. The summed E-state index contributed by atoms with van der Waals surface area (Å²) >= 11 is 1.62. The summed E-state index contributed by atoms with van der Waals surface area (Å²) in [5.74, 6) is 0. The molecule has 0 aliphatic heterocycles. The van der Waals surface area contributed by atoms with Crippen LogP contribution in [0, 0.1) is 20.8 Å². The second-order valence-electron chi connectivity index (χ2n) is 4.67. The lowest BCUT2D eigenvalue weighted by Crippen LogP contribution is -2.02. The first-order valence-corrected chi connectivity index (χ1v) is 7.20. The molecule has 0 bridgehead atoms.